The molecule has 3 N–H and O–H groups in total. The molecule has 0 unspecified atom stereocenters. The summed E-state index contributed by atoms with van der Waals surface area (Å²) in [6.45, 7) is 3.75. The number of hydrazine groups is 1. The average Bonchev–Trinajstić information content (AvgIpc) is 2.77. The molecule has 0 saturated heterocycles. The van der Waals surface area contributed by atoms with Gasteiger partial charge in [-0.15, -0.1) is 0 Å². The molecule has 0 aliphatic carbocycles. The topological polar surface area (TPSA) is 125 Å². The summed E-state index contributed by atoms with van der Waals surface area (Å²) in [7, 11) is -3.71. The smallest absolute Gasteiger partial charge is 0.269 e. The fourth-order valence-electron chi connectivity index (χ4n) is 2.78. The van der Waals surface area contributed by atoms with E-state index < -0.39 is 21.8 Å². The Kier molecular flexibility index (Phi) is 8.71. The summed E-state index contributed by atoms with van der Waals surface area (Å²) >= 11 is 0. The minimum atomic E-state index is -3.71. The van der Waals surface area contributed by atoms with Gasteiger partial charge >= 0.3 is 0 Å². The Bertz CT molecular complexity index is 1020. The molecule has 2 aromatic rings. The number of carbonyl (C=O) groups excluding carboxylic acids is 3. The summed E-state index contributed by atoms with van der Waals surface area (Å²) < 4.78 is 26.5. The van der Waals surface area contributed by atoms with Crippen molar-refractivity contribution in [3.05, 3.63) is 65.7 Å². The number of rotatable bonds is 9. The van der Waals surface area contributed by atoms with Gasteiger partial charge in [-0.05, 0) is 23.8 Å². The first kappa shape index (κ1) is 24.0. The van der Waals surface area contributed by atoms with Crippen LogP contribution >= 0.6 is 0 Å². The van der Waals surface area contributed by atoms with Crippen molar-refractivity contribution in [2.75, 3.05) is 19.6 Å². The second-order valence-electron chi connectivity index (χ2n) is 6.56. The van der Waals surface area contributed by atoms with Gasteiger partial charge in [0.05, 0.1) is 17.9 Å². The molecule has 0 aliphatic heterocycles. The van der Waals surface area contributed by atoms with Crippen molar-refractivity contribution in [2.24, 2.45) is 0 Å². The predicted octanol–water partition coefficient (Wildman–Crippen LogP) is 0.837. The summed E-state index contributed by atoms with van der Waals surface area (Å²) in [6.07, 6.45) is 0.133. The molecule has 166 valence electrons. The number of sulfonamides is 1. The van der Waals surface area contributed by atoms with E-state index in [2.05, 4.69) is 16.2 Å². The van der Waals surface area contributed by atoms with Crippen molar-refractivity contribution in [1.29, 1.82) is 0 Å². The molecule has 0 radical (unpaired) electrons. The fourth-order valence-corrected chi connectivity index (χ4v) is 4.28. The molecule has 2 aromatic carbocycles. The molecule has 0 spiro atoms. The Morgan fingerprint density at radius 2 is 1.55 bits per heavy atom. The zero-order valence-corrected chi connectivity index (χ0v) is 18.2. The molecule has 0 bridgehead atoms. The van der Waals surface area contributed by atoms with Crippen LogP contribution in [-0.4, -0.2) is 50.1 Å². The van der Waals surface area contributed by atoms with Gasteiger partial charge in [-0.1, -0.05) is 50.2 Å². The third-order valence-electron chi connectivity index (χ3n) is 4.41. The Balaban J connectivity index is 1.88. The van der Waals surface area contributed by atoms with Crippen LogP contribution in [0.25, 0.3) is 0 Å². The number of amides is 3. The molecule has 0 saturated carbocycles. The summed E-state index contributed by atoms with van der Waals surface area (Å²) in [6, 6.07) is 14.6. The van der Waals surface area contributed by atoms with Crippen LogP contribution in [-0.2, 0) is 26.0 Å². The molecule has 0 heterocycles. The molecule has 10 heteroatoms. The third kappa shape index (κ3) is 6.90. The first-order valence-electron chi connectivity index (χ1n) is 9.78. The van der Waals surface area contributed by atoms with Crippen molar-refractivity contribution >= 4 is 27.7 Å². The van der Waals surface area contributed by atoms with Gasteiger partial charge in [0.25, 0.3) is 11.8 Å². The number of carbonyl (C=O) groups is 3. The van der Waals surface area contributed by atoms with Gasteiger partial charge in [0.2, 0.25) is 15.9 Å². The van der Waals surface area contributed by atoms with Crippen molar-refractivity contribution in [3.8, 4) is 0 Å². The number of hydrogen-bond acceptors (Lipinski definition) is 5. The number of hydrogen-bond donors (Lipinski definition) is 3. The van der Waals surface area contributed by atoms with Gasteiger partial charge in [-0.3, -0.25) is 25.2 Å². The lowest BCUT2D eigenvalue weighted by Gasteiger charge is -2.18. The summed E-state index contributed by atoms with van der Waals surface area (Å²) in [5.74, 6) is -1.63. The van der Waals surface area contributed by atoms with Crippen LogP contribution in [0.2, 0.25) is 0 Å². The maximum Gasteiger partial charge on any atom is 0.269 e. The van der Waals surface area contributed by atoms with Crippen LogP contribution in [0.4, 0.5) is 0 Å². The predicted molar refractivity (Wildman–Crippen MR) is 115 cm³/mol. The van der Waals surface area contributed by atoms with E-state index in [1.54, 1.807) is 26.0 Å². The largest absolute Gasteiger partial charge is 0.347 e. The number of benzene rings is 2. The van der Waals surface area contributed by atoms with Gasteiger partial charge < -0.3 is 5.32 Å². The van der Waals surface area contributed by atoms with Crippen LogP contribution in [0.3, 0.4) is 0 Å². The monoisotopic (exact) mass is 446 g/mol. The fraction of sp³-hybridized carbons (Fsp3) is 0.286. The van der Waals surface area contributed by atoms with E-state index in [1.165, 1.54) is 28.6 Å². The molecule has 0 atom stereocenters. The van der Waals surface area contributed by atoms with Gasteiger partial charge in [0.15, 0.2) is 0 Å². The standard InChI is InChI=1S/C21H26N4O5S/c1-3-25(4-2)31(29,30)18-12-8-11-17(14-18)21(28)24-23-20(27)15-22-19(26)13-16-9-6-5-7-10-16/h5-12,14H,3-4,13,15H2,1-2H3,(H,22,26)(H,23,27)(H,24,28). The Morgan fingerprint density at radius 3 is 2.19 bits per heavy atom. The lowest BCUT2D eigenvalue weighted by atomic mass is 10.1. The molecule has 9 nitrogen and oxygen atoms in total. The SMILES string of the molecule is CCN(CC)S(=O)(=O)c1cccc(C(=O)NNC(=O)CNC(=O)Cc2ccccc2)c1. The van der Waals surface area contributed by atoms with Gasteiger partial charge in [0.1, 0.15) is 0 Å². The molecular weight excluding hydrogens is 420 g/mol. The Hall–Kier alpha value is -3.24. The van der Waals surface area contributed by atoms with Crippen molar-refractivity contribution in [3.63, 3.8) is 0 Å². The van der Waals surface area contributed by atoms with Crippen LogP contribution in [0.5, 0.6) is 0 Å². The summed E-state index contributed by atoms with van der Waals surface area (Å²) in [4.78, 5) is 36.0. The van der Waals surface area contributed by atoms with Crippen molar-refractivity contribution in [2.45, 2.75) is 25.2 Å². The second kappa shape index (κ2) is 11.2. The lowest BCUT2D eigenvalue weighted by molar-refractivity contribution is -0.126. The molecular formula is C21H26N4O5S. The van der Waals surface area contributed by atoms with Gasteiger partial charge in [-0.2, -0.15) is 4.31 Å². The first-order valence-corrected chi connectivity index (χ1v) is 11.2. The summed E-state index contributed by atoms with van der Waals surface area (Å²) in [5, 5.41) is 2.46. The quantitative estimate of drug-likeness (QED) is 0.492. The third-order valence-corrected chi connectivity index (χ3v) is 6.45. The van der Waals surface area contributed by atoms with Gasteiger partial charge in [0, 0.05) is 18.7 Å². The highest BCUT2D eigenvalue weighted by molar-refractivity contribution is 7.89. The van der Waals surface area contributed by atoms with Crippen LogP contribution in [0.1, 0.15) is 29.8 Å². The normalized spacial score (nSPS) is 11.1. The molecule has 0 aliphatic rings. The van der Waals surface area contributed by atoms with E-state index >= 15 is 0 Å². The highest BCUT2D eigenvalue weighted by Crippen LogP contribution is 2.16. The van der Waals surface area contributed by atoms with E-state index in [4.69, 9.17) is 0 Å². The number of nitrogens with zero attached hydrogens (tertiary/aromatic N) is 1. The van der Waals surface area contributed by atoms with E-state index in [0.717, 1.165) is 5.56 Å². The Labute approximate surface area is 181 Å². The van der Waals surface area contributed by atoms with Crippen LogP contribution in [0.15, 0.2) is 59.5 Å². The molecule has 3 amide bonds. The first-order chi connectivity index (χ1) is 14.8. The van der Waals surface area contributed by atoms with Gasteiger partial charge in [-0.25, -0.2) is 8.42 Å². The van der Waals surface area contributed by atoms with E-state index in [1.807, 2.05) is 18.2 Å². The summed E-state index contributed by atoms with van der Waals surface area (Å²) in [5.41, 5.74) is 5.28. The second-order valence-corrected chi connectivity index (χ2v) is 8.50. The maximum atomic E-state index is 12.6. The zero-order valence-electron chi connectivity index (χ0n) is 17.4. The highest BCUT2D eigenvalue weighted by Gasteiger charge is 2.22. The maximum absolute atomic E-state index is 12.6. The average molecular weight is 447 g/mol. The van der Waals surface area contributed by atoms with Crippen LogP contribution in [0, 0.1) is 0 Å². The van der Waals surface area contributed by atoms with Crippen molar-refractivity contribution in [1.82, 2.24) is 20.5 Å². The molecule has 2 rings (SSSR count). The van der Waals surface area contributed by atoms with E-state index in [-0.39, 0.29) is 29.3 Å². The van der Waals surface area contributed by atoms with E-state index in [0.29, 0.717) is 13.1 Å². The molecule has 0 aromatic heterocycles. The Morgan fingerprint density at radius 1 is 0.871 bits per heavy atom. The number of nitrogens with one attached hydrogen (secondary N) is 3. The zero-order chi connectivity index (χ0) is 22.9. The lowest BCUT2D eigenvalue weighted by Crippen LogP contribution is -2.46. The molecule has 31 heavy (non-hydrogen) atoms. The van der Waals surface area contributed by atoms with Crippen molar-refractivity contribution < 1.29 is 22.8 Å². The minimum Gasteiger partial charge on any atom is -0.347 e. The molecule has 0 fully saturated rings. The minimum absolute atomic E-state index is 0.0108. The van der Waals surface area contributed by atoms with Crippen LogP contribution < -0.4 is 16.2 Å². The highest BCUT2D eigenvalue weighted by atomic mass is 32.2. The van der Waals surface area contributed by atoms with E-state index in [9.17, 15) is 22.8 Å².